The summed E-state index contributed by atoms with van der Waals surface area (Å²) in [6.45, 7) is 9.92. The van der Waals surface area contributed by atoms with Gasteiger partial charge >= 0.3 is 0 Å². The van der Waals surface area contributed by atoms with E-state index in [1.54, 1.807) is 18.2 Å². The first-order chi connectivity index (χ1) is 19.5. The zero-order valence-corrected chi connectivity index (χ0v) is 25.0. The number of rotatable bonds is 9. The van der Waals surface area contributed by atoms with E-state index in [0.29, 0.717) is 40.1 Å². The first-order valence-electron chi connectivity index (χ1n) is 13.6. The number of amides is 2. The first-order valence-corrected chi connectivity index (χ1v) is 13.6. The minimum absolute atomic E-state index is 0.303. The number of H-pyrrole nitrogens is 1. The van der Waals surface area contributed by atoms with Crippen LogP contribution in [0.5, 0.6) is 17.2 Å². The van der Waals surface area contributed by atoms with E-state index in [9.17, 15) is 9.59 Å². The van der Waals surface area contributed by atoms with Crippen LogP contribution in [0, 0.1) is 0 Å². The first kappa shape index (κ1) is 29.5. The van der Waals surface area contributed by atoms with Crippen molar-refractivity contribution in [2.75, 3.05) is 26.2 Å². The fourth-order valence-electron chi connectivity index (χ4n) is 4.84. The van der Waals surface area contributed by atoms with E-state index in [1.807, 2.05) is 69.3 Å². The zero-order chi connectivity index (χ0) is 29.9. The number of benzene rings is 3. The maximum absolute atomic E-state index is 14.5. The predicted octanol–water partition coefficient (Wildman–Crippen LogP) is 6.62. The molecule has 4 rings (SSSR count). The molecule has 0 saturated carbocycles. The van der Waals surface area contributed by atoms with Gasteiger partial charge in [0.1, 0.15) is 11.7 Å². The quantitative estimate of drug-likeness (QED) is 0.241. The predicted molar refractivity (Wildman–Crippen MR) is 162 cm³/mol. The maximum atomic E-state index is 14.5. The van der Waals surface area contributed by atoms with Crippen LogP contribution in [0.25, 0.3) is 10.9 Å². The molecule has 41 heavy (non-hydrogen) atoms. The van der Waals surface area contributed by atoms with Crippen LogP contribution in [0.4, 0.5) is 5.69 Å². The highest BCUT2D eigenvalue weighted by Gasteiger charge is 2.37. The molecule has 1 unspecified atom stereocenters. The molecule has 8 nitrogen and oxygen atoms in total. The molecule has 2 amide bonds. The van der Waals surface area contributed by atoms with Crippen molar-refractivity contribution in [1.82, 2.24) is 10.3 Å². The Balaban J connectivity index is 1.98. The number of carbonyl (C=O) groups is 2. The lowest BCUT2D eigenvalue weighted by atomic mass is 9.98. The Kier molecular flexibility index (Phi) is 8.61. The van der Waals surface area contributed by atoms with Gasteiger partial charge in [-0.05, 0) is 74.2 Å². The van der Waals surface area contributed by atoms with Gasteiger partial charge in [0.15, 0.2) is 11.5 Å². The van der Waals surface area contributed by atoms with Gasteiger partial charge < -0.3 is 24.5 Å². The monoisotopic (exact) mass is 557 g/mol. The van der Waals surface area contributed by atoms with Gasteiger partial charge in [-0.25, -0.2) is 0 Å². The van der Waals surface area contributed by atoms with Gasteiger partial charge in [0, 0.05) is 22.1 Å². The number of para-hydroxylation sites is 1. The smallest absolute Gasteiger partial charge is 0.275 e. The molecule has 3 aromatic carbocycles. The summed E-state index contributed by atoms with van der Waals surface area (Å²) in [6, 6.07) is 19.6. The molecule has 0 aliphatic rings. The molecule has 4 aromatic rings. The molecule has 0 aliphatic carbocycles. The number of methoxy groups -OCH3 is 3. The van der Waals surface area contributed by atoms with Crippen molar-refractivity contribution >= 4 is 28.4 Å². The molecular formula is C33H39N3O5. The highest BCUT2D eigenvalue weighted by molar-refractivity contribution is 6.11. The largest absolute Gasteiger partial charge is 0.493 e. The number of hydrogen-bond donors (Lipinski definition) is 2. The zero-order valence-electron chi connectivity index (χ0n) is 25.0. The number of ether oxygens (including phenoxy) is 3. The third-order valence-electron chi connectivity index (χ3n) is 6.82. The Morgan fingerprint density at radius 1 is 0.829 bits per heavy atom. The molecule has 0 saturated heterocycles. The SMILES string of the molecule is COc1cc(C(C(=O)NC(C)(C)C)N(C(=O)c2cc3ccccc3[nH]2)c2ccc(C(C)C)cc2)cc(OC)c1OC. The molecule has 0 spiro atoms. The normalized spacial score (nSPS) is 12.2. The van der Waals surface area contributed by atoms with E-state index in [0.717, 1.165) is 16.5 Å². The average Bonchev–Trinajstić information content (AvgIpc) is 3.38. The van der Waals surface area contributed by atoms with Gasteiger partial charge in [0.05, 0.1) is 21.3 Å². The standard InChI is InChI=1S/C33H39N3O5/c1-20(2)21-13-15-24(16-14-21)36(32(38)26-17-22-11-9-10-12-25(22)34-26)29(31(37)35-33(3,4)5)23-18-27(39-6)30(41-8)28(19-23)40-7/h9-20,29,34H,1-8H3,(H,35,37). The Morgan fingerprint density at radius 2 is 1.44 bits per heavy atom. The van der Waals surface area contributed by atoms with Gasteiger partial charge in [-0.2, -0.15) is 0 Å². The van der Waals surface area contributed by atoms with Gasteiger partial charge in [0.2, 0.25) is 11.7 Å². The Hall–Kier alpha value is -4.46. The molecule has 0 fully saturated rings. The van der Waals surface area contributed by atoms with Gasteiger partial charge in [-0.1, -0.05) is 44.2 Å². The summed E-state index contributed by atoms with van der Waals surface area (Å²) in [7, 11) is 4.55. The van der Waals surface area contributed by atoms with Crippen molar-refractivity contribution in [1.29, 1.82) is 0 Å². The third kappa shape index (κ3) is 6.32. The molecular weight excluding hydrogens is 518 g/mol. The minimum Gasteiger partial charge on any atom is -0.493 e. The van der Waals surface area contributed by atoms with E-state index in [4.69, 9.17) is 14.2 Å². The number of carbonyl (C=O) groups excluding carboxylic acids is 2. The second kappa shape index (κ2) is 12.0. The minimum atomic E-state index is -1.08. The summed E-state index contributed by atoms with van der Waals surface area (Å²) < 4.78 is 16.8. The molecule has 1 aromatic heterocycles. The second-order valence-corrected chi connectivity index (χ2v) is 11.3. The number of nitrogens with one attached hydrogen (secondary N) is 2. The summed E-state index contributed by atoms with van der Waals surface area (Å²) in [6.07, 6.45) is 0. The Morgan fingerprint density at radius 3 is 1.95 bits per heavy atom. The maximum Gasteiger partial charge on any atom is 0.275 e. The Bertz CT molecular complexity index is 1470. The van der Waals surface area contributed by atoms with Crippen LogP contribution in [0.15, 0.2) is 66.7 Å². The summed E-state index contributed by atoms with van der Waals surface area (Å²) in [5, 5.41) is 3.98. The van der Waals surface area contributed by atoms with Crippen LogP contribution in [-0.2, 0) is 4.79 Å². The highest BCUT2D eigenvalue weighted by atomic mass is 16.5. The molecule has 1 atom stereocenters. The van der Waals surface area contributed by atoms with Crippen LogP contribution in [0.3, 0.4) is 0 Å². The summed E-state index contributed by atoms with van der Waals surface area (Å²) in [4.78, 5) is 33.4. The van der Waals surface area contributed by atoms with Gasteiger partial charge in [-0.3, -0.25) is 14.5 Å². The lowest BCUT2D eigenvalue weighted by Crippen LogP contribution is -2.49. The van der Waals surface area contributed by atoms with Crippen LogP contribution in [0.2, 0.25) is 0 Å². The van der Waals surface area contributed by atoms with Crippen molar-refractivity contribution in [3.05, 3.63) is 83.6 Å². The van der Waals surface area contributed by atoms with E-state index in [2.05, 4.69) is 24.1 Å². The van der Waals surface area contributed by atoms with Crippen LogP contribution < -0.4 is 24.4 Å². The van der Waals surface area contributed by atoms with Crippen LogP contribution >= 0.6 is 0 Å². The second-order valence-electron chi connectivity index (χ2n) is 11.3. The van der Waals surface area contributed by atoms with E-state index >= 15 is 0 Å². The molecule has 8 heteroatoms. The van der Waals surface area contributed by atoms with Crippen LogP contribution in [0.1, 0.15) is 68.2 Å². The third-order valence-corrected chi connectivity index (χ3v) is 6.82. The Labute approximate surface area is 241 Å². The number of aromatic amines is 1. The summed E-state index contributed by atoms with van der Waals surface area (Å²) in [5.74, 6) is 0.734. The molecule has 2 N–H and O–H groups in total. The topological polar surface area (TPSA) is 92.9 Å². The average molecular weight is 558 g/mol. The van der Waals surface area contributed by atoms with Crippen molar-refractivity contribution in [2.45, 2.75) is 52.1 Å². The molecule has 216 valence electrons. The van der Waals surface area contributed by atoms with E-state index < -0.39 is 11.6 Å². The number of aromatic nitrogens is 1. The number of hydrogen-bond acceptors (Lipinski definition) is 5. The molecule has 0 aliphatic heterocycles. The molecule has 0 bridgehead atoms. The van der Waals surface area contributed by atoms with E-state index in [-0.39, 0.29) is 11.8 Å². The van der Waals surface area contributed by atoms with Crippen LogP contribution in [-0.4, -0.2) is 43.7 Å². The van der Waals surface area contributed by atoms with E-state index in [1.165, 1.54) is 26.2 Å². The lowest BCUT2D eigenvalue weighted by molar-refractivity contribution is -0.123. The highest BCUT2D eigenvalue weighted by Crippen LogP contribution is 2.42. The fraction of sp³-hybridized carbons (Fsp3) is 0.333. The summed E-state index contributed by atoms with van der Waals surface area (Å²) in [5.41, 5.74) is 2.82. The van der Waals surface area contributed by atoms with Gasteiger partial charge in [-0.15, -0.1) is 0 Å². The van der Waals surface area contributed by atoms with Crippen molar-refractivity contribution in [3.63, 3.8) is 0 Å². The lowest BCUT2D eigenvalue weighted by Gasteiger charge is -2.34. The fourth-order valence-corrected chi connectivity index (χ4v) is 4.84. The summed E-state index contributed by atoms with van der Waals surface area (Å²) >= 11 is 0. The number of anilines is 1. The van der Waals surface area contributed by atoms with Crippen molar-refractivity contribution in [3.8, 4) is 17.2 Å². The van der Waals surface area contributed by atoms with Gasteiger partial charge in [0.25, 0.3) is 5.91 Å². The molecule has 0 radical (unpaired) electrons. The van der Waals surface area contributed by atoms with Crippen molar-refractivity contribution in [2.24, 2.45) is 0 Å². The number of fused-ring (bicyclic) bond motifs is 1. The number of nitrogens with zero attached hydrogens (tertiary/aromatic N) is 1. The van der Waals surface area contributed by atoms with Crippen molar-refractivity contribution < 1.29 is 23.8 Å². The molecule has 1 heterocycles.